The van der Waals surface area contributed by atoms with E-state index < -0.39 is 29.0 Å². The second-order valence-electron chi connectivity index (χ2n) is 8.42. The first-order valence-electron chi connectivity index (χ1n) is 11.3. The number of anilines is 4. The number of hydrogen-bond donors (Lipinski definition) is 3. The SMILES string of the molecule is COc1c(Cl)cccc1Nc1cc(Nc2cnc(C(=O)N3CCC3)c(C(F)(F)F)n2)nc2[nH]n(C)c(=O)c12. The Kier molecular flexibility index (Phi) is 6.34. The van der Waals surface area contributed by atoms with Crippen molar-refractivity contribution in [2.45, 2.75) is 12.6 Å². The van der Waals surface area contributed by atoms with Crippen molar-refractivity contribution in [1.29, 1.82) is 0 Å². The number of halogens is 4. The molecule has 1 aromatic carbocycles. The number of rotatable bonds is 6. The lowest BCUT2D eigenvalue weighted by atomic mass is 10.1. The van der Waals surface area contributed by atoms with Crippen LogP contribution in [0, 0.1) is 0 Å². The number of carbonyl (C=O) groups is 1. The Morgan fingerprint density at radius 1 is 1.16 bits per heavy atom. The number of nitrogens with zero attached hydrogens (tertiary/aromatic N) is 5. The first-order chi connectivity index (χ1) is 18.1. The summed E-state index contributed by atoms with van der Waals surface area (Å²) in [4.78, 5) is 38.2. The Morgan fingerprint density at radius 2 is 1.92 bits per heavy atom. The minimum Gasteiger partial charge on any atom is -0.493 e. The van der Waals surface area contributed by atoms with Gasteiger partial charge in [-0.15, -0.1) is 0 Å². The molecule has 0 saturated carbocycles. The number of ether oxygens (including phenoxy) is 1. The second-order valence-corrected chi connectivity index (χ2v) is 8.83. The van der Waals surface area contributed by atoms with Gasteiger partial charge in [-0.2, -0.15) is 13.2 Å². The molecule has 4 aromatic rings. The van der Waals surface area contributed by atoms with Gasteiger partial charge in [0.1, 0.15) is 11.2 Å². The third-order valence-corrected chi connectivity index (χ3v) is 6.19. The summed E-state index contributed by atoms with van der Waals surface area (Å²) < 4.78 is 47.9. The highest BCUT2D eigenvalue weighted by atomic mass is 35.5. The molecule has 0 bridgehead atoms. The van der Waals surface area contributed by atoms with Gasteiger partial charge in [-0.1, -0.05) is 17.7 Å². The predicted molar refractivity (Wildman–Crippen MR) is 133 cm³/mol. The molecule has 0 spiro atoms. The number of aryl methyl sites for hydroxylation is 1. The van der Waals surface area contributed by atoms with E-state index in [0.717, 1.165) is 6.20 Å². The zero-order chi connectivity index (χ0) is 27.2. The number of aromatic nitrogens is 5. The number of H-pyrrole nitrogens is 1. The first kappa shape index (κ1) is 25.3. The molecule has 0 atom stereocenters. The number of para-hydroxylation sites is 1. The number of alkyl halides is 3. The normalized spacial score (nSPS) is 13.4. The molecule has 1 amide bonds. The van der Waals surface area contributed by atoms with Crippen LogP contribution >= 0.6 is 11.6 Å². The monoisotopic (exact) mass is 548 g/mol. The standard InChI is InChI=1S/C23H20ClF3N8O3/c1-34-21(36)16-13(29-12-6-3-5-11(24)18(12)38-2)9-14(32-20(16)33-34)30-15-10-28-17(19(31-15)23(25,26)27)22(37)35-7-4-8-35/h3,5-6,9-10H,4,7-8H2,1-2H3,(H3,29,30,31,32,33). The van der Waals surface area contributed by atoms with E-state index in [1.807, 2.05) is 0 Å². The van der Waals surface area contributed by atoms with Crippen molar-refractivity contribution in [3.63, 3.8) is 0 Å². The van der Waals surface area contributed by atoms with Crippen LogP contribution in [0.5, 0.6) is 5.75 Å². The van der Waals surface area contributed by atoms with Crippen molar-refractivity contribution in [3.05, 3.63) is 57.2 Å². The number of fused-ring (bicyclic) bond motifs is 1. The topological polar surface area (TPSA) is 130 Å². The average Bonchev–Trinajstić information content (AvgIpc) is 3.11. The molecule has 11 nitrogen and oxygen atoms in total. The molecular formula is C23H20ClF3N8O3. The van der Waals surface area contributed by atoms with Crippen LogP contribution in [0.4, 0.5) is 36.2 Å². The van der Waals surface area contributed by atoms with E-state index in [9.17, 15) is 22.8 Å². The summed E-state index contributed by atoms with van der Waals surface area (Å²) in [5.74, 6) is -0.754. The van der Waals surface area contributed by atoms with Gasteiger partial charge in [-0.3, -0.25) is 19.4 Å². The van der Waals surface area contributed by atoms with Crippen LogP contribution in [0.1, 0.15) is 22.6 Å². The molecule has 1 aliphatic heterocycles. The molecule has 5 rings (SSSR count). The van der Waals surface area contributed by atoms with Gasteiger partial charge in [-0.05, 0) is 18.6 Å². The molecule has 0 radical (unpaired) electrons. The second kappa shape index (κ2) is 9.52. The van der Waals surface area contributed by atoms with E-state index in [1.165, 1.54) is 29.8 Å². The quantitative estimate of drug-likeness (QED) is 0.329. The maximum absolute atomic E-state index is 13.8. The highest BCUT2D eigenvalue weighted by Gasteiger charge is 2.40. The van der Waals surface area contributed by atoms with Gasteiger partial charge < -0.3 is 20.3 Å². The van der Waals surface area contributed by atoms with E-state index in [1.54, 1.807) is 18.2 Å². The fourth-order valence-corrected chi connectivity index (χ4v) is 4.20. The zero-order valence-electron chi connectivity index (χ0n) is 20.0. The number of benzene rings is 1. The number of amides is 1. The number of nitrogens with one attached hydrogen (secondary N) is 3. The largest absolute Gasteiger partial charge is 0.493 e. The Morgan fingerprint density at radius 3 is 2.58 bits per heavy atom. The molecule has 1 fully saturated rings. The summed E-state index contributed by atoms with van der Waals surface area (Å²) in [5.41, 5.74) is -1.71. The van der Waals surface area contributed by atoms with Crippen LogP contribution in [0.25, 0.3) is 11.0 Å². The Balaban J connectivity index is 1.56. The van der Waals surface area contributed by atoms with Gasteiger partial charge in [0, 0.05) is 26.2 Å². The molecule has 198 valence electrons. The molecular weight excluding hydrogens is 529 g/mol. The minimum atomic E-state index is -4.92. The van der Waals surface area contributed by atoms with Gasteiger partial charge in [0.25, 0.3) is 11.5 Å². The maximum Gasteiger partial charge on any atom is 0.435 e. The minimum absolute atomic E-state index is 0.0482. The maximum atomic E-state index is 13.8. The summed E-state index contributed by atoms with van der Waals surface area (Å²) in [5, 5.41) is 9.08. The van der Waals surface area contributed by atoms with Crippen molar-refractivity contribution in [3.8, 4) is 5.75 Å². The lowest BCUT2D eigenvalue weighted by Crippen LogP contribution is -2.43. The van der Waals surface area contributed by atoms with Crippen LogP contribution in [0.2, 0.25) is 5.02 Å². The highest BCUT2D eigenvalue weighted by molar-refractivity contribution is 6.32. The third kappa shape index (κ3) is 4.58. The summed E-state index contributed by atoms with van der Waals surface area (Å²) in [6.07, 6.45) is -3.18. The summed E-state index contributed by atoms with van der Waals surface area (Å²) in [6.45, 7) is 0.731. The molecule has 4 heterocycles. The number of methoxy groups -OCH3 is 1. The fraction of sp³-hybridized carbons (Fsp3) is 0.261. The summed E-state index contributed by atoms with van der Waals surface area (Å²) in [6, 6.07) is 6.41. The van der Waals surface area contributed by atoms with Crippen molar-refractivity contribution in [2.24, 2.45) is 7.05 Å². The Hall–Kier alpha value is -4.33. The van der Waals surface area contributed by atoms with Gasteiger partial charge >= 0.3 is 6.18 Å². The summed E-state index contributed by atoms with van der Waals surface area (Å²) >= 11 is 6.21. The van der Waals surface area contributed by atoms with E-state index in [2.05, 4.69) is 30.7 Å². The molecule has 0 unspecified atom stereocenters. The van der Waals surface area contributed by atoms with E-state index >= 15 is 0 Å². The molecule has 0 aliphatic carbocycles. The fourth-order valence-electron chi connectivity index (χ4n) is 3.95. The smallest absolute Gasteiger partial charge is 0.435 e. The van der Waals surface area contributed by atoms with Crippen molar-refractivity contribution in [1.82, 2.24) is 29.6 Å². The average molecular weight is 549 g/mol. The number of likely N-dealkylation sites (tertiary alicyclic amines) is 1. The molecule has 1 saturated heterocycles. The first-order valence-corrected chi connectivity index (χ1v) is 11.6. The van der Waals surface area contributed by atoms with Crippen molar-refractivity contribution >= 4 is 51.6 Å². The number of carbonyl (C=O) groups excluding carboxylic acids is 1. The van der Waals surface area contributed by atoms with Crippen LogP contribution < -0.4 is 20.9 Å². The Bertz CT molecular complexity index is 1610. The number of hydrogen-bond acceptors (Lipinski definition) is 8. The van der Waals surface area contributed by atoms with Crippen molar-refractivity contribution < 1.29 is 22.7 Å². The van der Waals surface area contributed by atoms with Crippen LogP contribution in [0.3, 0.4) is 0 Å². The van der Waals surface area contributed by atoms with Gasteiger partial charge in [0.05, 0.1) is 29.7 Å². The third-order valence-electron chi connectivity index (χ3n) is 5.90. The lowest BCUT2D eigenvalue weighted by molar-refractivity contribution is -0.141. The predicted octanol–water partition coefficient (Wildman–Crippen LogP) is 4.07. The number of pyridine rings is 1. The summed E-state index contributed by atoms with van der Waals surface area (Å²) in [7, 11) is 2.93. The molecule has 1 aliphatic rings. The van der Waals surface area contributed by atoms with Crippen LogP contribution in [-0.2, 0) is 13.2 Å². The van der Waals surface area contributed by atoms with E-state index in [0.29, 0.717) is 36.0 Å². The molecule has 15 heteroatoms. The number of aromatic amines is 1. The van der Waals surface area contributed by atoms with E-state index in [4.69, 9.17) is 16.3 Å². The molecule has 3 aromatic heterocycles. The van der Waals surface area contributed by atoms with Gasteiger partial charge in [-0.25, -0.2) is 15.0 Å². The van der Waals surface area contributed by atoms with Gasteiger partial charge in [0.2, 0.25) is 0 Å². The van der Waals surface area contributed by atoms with Gasteiger partial charge in [0.15, 0.2) is 28.6 Å². The lowest BCUT2D eigenvalue weighted by Gasteiger charge is -2.31. The molecule has 38 heavy (non-hydrogen) atoms. The molecule has 3 N–H and O–H groups in total. The van der Waals surface area contributed by atoms with Crippen molar-refractivity contribution in [2.75, 3.05) is 30.8 Å². The highest BCUT2D eigenvalue weighted by Crippen LogP contribution is 2.37. The van der Waals surface area contributed by atoms with Crippen LogP contribution in [0.15, 0.2) is 35.3 Å². The van der Waals surface area contributed by atoms with E-state index in [-0.39, 0.29) is 28.4 Å². The van der Waals surface area contributed by atoms with Crippen LogP contribution in [-0.4, -0.2) is 55.7 Å². The zero-order valence-corrected chi connectivity index (χ0v) is 20.7. The Labute approximate surface area is 217 Å².